The van der Waals surface area contributed by atoms with Crippen LogP contribution in [0.25, 0.3) is 0 Å². The lowest BCUT2D eigenvalue weighted by molar-refractivity contribution is 0.0538. The number of aliphatic hydroxyl groups is 1. The van der Waals surface area contributed by atoms with Crippen LogP contribution in [0.15, 0.2) is 67.0 Å². The zero-order chi connectivity index (χ0) is 21.0. The van der Waals surface area contributed by atoms with Crippen molar-refractivity contribution in [2.24, 2.45) is 5.92 Å². The van der Waals surface area contributed by atoms with Crippen molar-refractivity contribution in [2.75, 3.05) is 19.6 Å². The minimum absolute atomic E-state index is 0.0380. The predicted octanol–water partition coefficient (Wildman–Crippen LogP) is 5.32. The molecule has 6 rings (SSSR count). The molecule has 31 heavy (non-hydrogen) atoms. The van der Waals surface area contributed by atoms with Crippen LogP contribution in [0.1, 0.15) is 59.1 Å². The maximum absolute atomic E-state index is 10.8. The van der Waals surface area contributed by atoms with Crippen molar-refractivity contribution in [3.63, 3.8) is 0 Å². The fourth-order valence-corrected chi connectivity index (χ4v) is 6.62. The summed E-state index contributed by atoms with van der Waals surface area (Å²) in [6, 6.07) is 19.4. The molecule has 0 spiro atoms. The molecular formula is C27H27ClN2O. The Bertz CT molecular complexity index is 1110. The van der Waals surface area contributed by atoms with Gasteiger partial charge in [0, 0.05) is 35.3 Å². The number of fused-ring (bicyclic) bond motifs is 8. The van der Waals surface area contributed by atoms with E-state index in [0.29, 0.717) is 11.8 Å². The van der Waals surface area contributed by atoms with Crippen molar-refractivity contribution >= 4 is 11.6 Å². The summed E-state index contributed by atoms with van der Waals surface area (Å²) >= 11 is 6.46. The van der Waals surface area contributed by atoms with Crippen LogP contribution in [-0.4, -0.2) is 34.6 Å². The first-order valence-corrected chi connectivity index (χ1v) is 11.7. The van der Waals surface area contributed by atoms with Gasteiger partial charge in [-0.3, -0.25) is 4.98 Å². The lowest BCUT2D eigenvalue weighted by Crippen LogP contribution is -2.44. The molecule has 2 bridgehead atoms. The highest BCUT2D eigenvalue weighted by molar-refractivity contribution is 6.30. The number of aliphatic hydroxyl groups excluding tert-OH is 1. The van der Waals surface area contributed by atoms with Crippen molar-refractivity contribution in [3.8, 4) is 0 Å². The molecule has 158 valence electrons. The second-order valence-corrected chi connectivity index (χ2v) is 9.94. The van der Waals surface area contributed by atoms with E-state index in [1.165, 1.54) is 22.3 Å². The van der Waals surface area contributed by atoms with Crippen molar-refractivity contribution in [3.05, 3.63) is 99.8 Å². The Balaban J connectivity index is 1.25. The van der Waals surface area contributed by atoms with Crippen LogP contribution in [0, 0.1) is 5.92 Å². The van der Waals surface area contributed by atoms with E-state index in [1.807, 2.05) is 18.2 Å². The highest BCUT2D eigenvalue weighted by Crippen LogP contribution is 2.60. The summed E-state index contributed by atoms with van der Waals surface area (Å²) in [5, 5.41) is 11.7. The molecule has 1 N–H and O–H groups in total. The normalized spacial score (nSPS) is 25.9. The summed E-state index contributed by atoms with van der Waals surface area (Å²) in [7, 11) is 0. The summed E-state index contributed by atoms with van der Waals surface area (Å²) in [5.41, 5.74) is 6.86. The van der Waals surface area contributed by atoms with E-state index in [0.717, 1.165) is 49.5 Å². The number of likely N-dealkylation sites (tertiary alicyclic amines) is 1. The Kier molecular flexibility index (Phi) is 4.68. The van der Waals surface area contributed by atoms with Crippen LogP contribution in [0.2, 0.25) is 5.02 Å². The molecule has 1 saturated heterocycles. The van der Waals surface area contributed by atoms with Gasteiger partial charge in [0.1, 0.15) is 0 Å². The van der Waals surface area contributed by atoms with E-state index in [4.69, 9.17) is 11.6 Å². The molecule has 3 unspecified atom stereocenters. The number of aromatic nitrogens is 1. The van der Waals surface area contributed by atoms with E-state index in [-0.39, 0.29) is 5.41 Å². The van der Waals surface area contributed by atoms with Crippen molar-refractivity contribution in [2.45, 2.75) is 36.7 Å². The van der Waals surface area contributed by atoms with Crippen LogP contribution >= 0.6 is 11.6 Å². The smallest absolute Gasteiger partial charge is 0.0833 e. The summed E-state index contributed by atoms with van der Waals surface area (Å²) < 4.78 is 0. The van der Waals surface area contributed by atoms with Gasteiger partial charge in [0.25, 0.3) is 0 Å². The fraction of sp³-hybridized carbons (Fsp3) is 0.370. The quantitative estimate of drug-likeness (QED) is 0.608. The Morgan fingerprint density at radius 1 is 1.03 bits per heavy atom. The number of benzene rings is 2. The first-order chi connectivity index (χ1) is 15.2. The van der Waals surface area contributed by atoms with Gasteiger partial charge in [-0.15, -0.1) is 0 Å². The number of pyridine rings is 1. The number of hydrogen-bond donors (Lipinski definition) is 1. The minimum atomic E-state index is -0.420. The summed E-state index contributed by atoms with van der Waals surface area (Å²) in [5.74, 6) is 0.792. The molecule has 0 radical (unpaired) electrons. The third-order valence-corrected chi connectivity index (χ3v) is 8.14. The van der Waals surface area contributed by atoms with Gasteiger partial charge in [-0.1, -0.05) is 48.0 Å². The van der Waals surface area contributed by atoms with Gasteiger partial charge in [-0.05, 0) is 84.3 Å². The van der Waals surface area contributed by atoms with Crippen molar-refractivity contribution < 1.29 is 5.11 Å². The van der Waals surface area contributed by atoms with Gasteiger partial charge >= 0.3 is 0 Å². The van der Waals surface area contributed by atoms with Crippen LogP contribution in [0.5, 0.6) is 0 Å². The number of nitrogens with zero attached hydrogens (tertiary/aromatic N) is 2. The third-order valence-electron chi connectivity index (χ3n) is 7.91. The van der Waals surface area contributed by atoms with Gasteiger partial charge < -0.3 is 10.0 Å². The lowest BCUT2D eigenvalue weighted by atomic mass is 9.74. The Morgan fingerprint density at radius 2 is 1.84 bits per heavy atom. The van der Waals surface area contributed by atoms with Crippen LogP contribution in [0.3, 0.4) is 0 Å². The monoisotopic (exact) mass is 430 g/mol. The number of hydrogen-bond acceptors (Lipinski definition) is 3. The topological polar surface area (TPSA) is 36.4 Å². The van der Waals surface area contributed by atoms with Crippen molar-refractivity contribution in [1.82, 2.24) is 9.88 Å². The SMILES string of the molecule is OC(c1cccnc1)C1CCN(CC23CC(c4ccccc42)c2ccc(Cl)cc23)CC1. The van der Waals surface area contributed by atoms with Gasteiger partial charge in [0.15, 0.2) is 0 Å². The number of piperidine rings is 1. The Hall–Kier alpha value is -2.20. The number of halogens is 1. The maximum atomic E-state index is 10.8. The van der Waals surface area contributed by atoms with Crippen LogP contribution < -0.4 is 0 Å². The van der Waals surface area contributed by atoms with E-state index in [9.17, 15) is 5.11 Å². The summed E-state index contributed by atoms with van der Waals surface area (Å²) in [6.07, 6.45) is 6.32. The molecule has 2 aliphatic carbocycles. The van der Waals surface area contributed by atoms with E-state index in [2.05, 4.69) is 46.3 Å². The standard InChI is InChI=1S/C27H27ClN2O/c28-20-7-8-22-23-15-27(25(22)14-20,24-6-2-1-5-21(23)24)17-30-12-9-18(10-13-30)26(31)19-4-3-11-29-16-19/h1-8,11,14,16,18,23,26,31H,9-10,12-13,15,17H2. The van der Waals surface area contributed by atoms with Crippen LogP contribution in [-0.2, 0) is 5.41 Å². The molecule has 0 amide bonds. The summed E-state index contributed by atoms with van der Waals surface area (Å²) in [4.78, 5) is 6.79. The molecule has 1 aliphatic heterocycles. The second kappa shape index (κ2) is 7.44. The molecule has 2 heterocycles. The fourth-order valence-electron chi connectivity index (χ4n) is 6.45. The average Bonchev–Trinajstić information content (AvgIpc) is 3.31. The van der Waals surface area contributed by atoms with Crippen molar-refractivity contribution in [1.29, 1.82) is 0 Å². The minimum Gasteiger partial charge on any atom is -0.388 e. The highest BCUT2D eigenvalue weighted by Gasteiger charge is 2.53. The first-order valence-electron chi connectivity index (χ1n) is 11.4. The summed E-state index contributed by atoms with van der Waals surface area (Å²) in [6.45, 7) is 3.07. The molecule has 3 aromatic rings. The molecule has 1 aromatic heterocycles. The van der Waals surface area contributed by atoms with E-state index < -0.39 is 6.10 Å². The van der Waals surface area contributed by atoms with Gasteiger partial charge in [-0.2, -0.15) is 0 Å². The predicted molar refractivity (Wildman–Crippen MR) is 123 cm³/mol. The molecule has 2 aromatic carbocycles. The lowest BCUT2D eigenvalue weighted by Gasteiger charge is -2.40. The molecule has 3 aliphatic rings. The van der Waals surface area contributed by atoms with E-state index >= 15 is 0 Å². The zero-order valence-corrected chi connectivity index (χ0v) is 18.3. The molecule has 3 nitrogen and oxygen atoms in total. The van der Waals surface area contributed by atoms with E-state index in [1.54, 1.807) is 12.4 Å². The molecular weight excluding hydrogens is 404 g/mol. The maximum Gasteiger partial charge on any atom is 0.0833 e. The average molecular weight is 431 g/mol. The zero-order valence-electron chi connectivity index (χ0n) is 17.5. The highest BCUT2D eigenvalue weighted by atomic mass is 35.5. The van der Waals surface area contributed by atoms with Gasteiger partial charge in [0.2, 0.25) is 0 Å². The third kappa shape index (κ3) is 3.06. The van der Waals surface area contributed by atoms with Gasteiger partial charge in [0.05, 0.1) is 6.10 Å². The second-order valence-electron chi connectivity index (χ2n) is 9.50. The van der Waals surface area contributed by atoms with Gasteiger partial charge in [-0.25, -0.2) is 0 Å². The first kappa shape index (κ1) is 19.5. The molecule has 4 heteroatoms. The molecule has 1 fully saturated rings. The Morgan fingerprint density at radius 3 is 2.65 bits per heavy atom. The molecule has 0 saturated carbocycles. The molecule has 3 atom stereocenters. The number of rotatable bonds is 4. The largest absolute Gasteiger partial charge is 0.388 e. The van der Waals surface area contributed by atoms with Crippen LogP contribution in [0.4, 0.5) is 0 Å². The Labute approximate surface area is 188 Å².